The van der Waals surface area contributed by atoms with Crippen molar-refractivity contribution in [1.29, 1.82) is 0 Å². The lowest BCUT2D eigenvalue weighted by atomic mass is 10.1. The van der Waals surface area contributed by atoms with E-state index in [0.717, 1.165) is 22.6 Å². The molecule has 1 saturated heterocycles. The third kappa shape index (κ3) is 3.64. The van der Waals surface area contributed by atoms with Gasteiger partial charge in [0.1, 0.15) is 23.4 Å². The van der Waals surface area contributed by atoms with Gasteiger partial charge in [-0.3, -0.25) is 19.5 Å². The molecule has 4 heterocycles. The largest absolute Gasteiger partial charge is 0.485 e. The minimum atomic E-state index is -1.23. The number of hydrogen-bond donors (Lipinski definition) is 0. The second-order valence-corrected chi connectivity index (χ2v) is 7.59. The van der Waals surface area contributed by atoms with E-state index in [1.165, 1.54) is 6.21 Å². The van der Waals surface area contributed by atoms with Crippen molar-refractivity contribution in [2.75, 3.05) is 19.6 Å². The first-order valence-electron chi connectivity index (χ1n) is 9.30. The van der Waals surface area contributed by atoms with Crippen LogP contribution in [0.4, 0.5) is 4.39 Å². The number of aliphatic imine (C=N–C) groups is 1. The Morgan fingerprint density at radius 3 is 2.83 bits per heavy atom. The van der Waals surface area contributed by atoms with Crippen LogP contribution < -0.4 is 4.74 Å². The van der Waals surface area contributed by atoms with E-state index in [1.54, 1.807) is 27.9 Å². The van der Waals surface area contributed by atoms with Gasteiger partial charge in [-0.25, -0.2) is 4.39 Å². The molecule has 0 aromatic carbocycles. The average molecular weight is 418 g/mol. The summed E-state index contributed by atoms with van der Waals surface area (Å²) in [5, 5.41) is 4.52. The first kappa shape index (κ1) is 19.6. The minimum absolute atomic E-state index is 0.0299. The summed E-state index contributed by atoms with van der Waals surface area (Å²) in [6.07, 6.45) is 1.25. The average Bonchev–Trinajstić information content (AvgIpc) is 3.16. The number of aromatic nitrogens is 3. The van der Waals surface area contributed by atoms with Crippen LogP contribution in [-0.2, 0) is 11.8 Å². The van der Waals surface area contributed by atoms with Gasteiger partial charge in [0.05, 0.1) is 30.2 Å². The zero-order valence-corrected chi connectivity index (χ0v) is 17.1. The van der Waals surface area contributed by atoms with Crippen LogP contribution in [0.15, 0.2) is 34.1 Å². The van der Waals surface area contributed by atoms with Crippen molar-refractivity contribution in [2.45, 2.75) is 26.1 Å². The molecule has 0 saturated carbocycles. The molecular weight excluding hydrogens is 397 g/mol. The number of Topliss-reactive ketones (excluding diaryl/α,β-unsaturated/α-hetero) is 1. The highest BCUT2D eigenvalue weighted by atomic mass is 35.5. The number of nitrogens with zero attached hydrogens (tertiary/aromatic N) is 5. The SMILES string of the molecule is Cc1nn(C)c(C)c1-c1cc(O[C@H]2CN(C3=C(Cl)C(=O)CN=C3)C[C@@H]2F)ccn1. The lowest BCUT2D eigenvalue weighted by Crippen LogP contribution is -2.29. The third-order valence-corrected chi connectivity index (χ3v) is 5.65. The Morgan fingerprint density at radius 2 is 2.10 bits per heavy atom. The van der Waals surface area contributed by atoms with E-state index in [1.807, 2.05) is 20.9 Å². The van der Waals surface area contributed by atoms with Crippen LogP contribution in [0, 0.1) is 13.8 Å². The molecule has 1 fully saturated rings. The number of carbonyl (C=O) groups excluding carboxylic acids is 1. The number of rotatable bonds is 4. The first-order chi connectivity index (χ1) is 13.8. The molecule has 2 aromatic heterocycles. The zero-order valence-electron chi connectivity index (χ0n) is 16.4. The maximum atomic E-state index is 14.7. The molecule has 0 N–H and O–H groups in total. The highest BCUT2D eigenvalue weighted by molar-refractivity contribution is 6.44. The Kier molecular flexibility index (Phi) is 5.12. The highest BCUT2D eigenvalue weighted by Gasteiger charge is 2.37. The van der Waals surface area contributed by atoms with Crippen LogP contribution in [0.3, 0.4) is 0 Å². The molecule has 0 bridgehead atoms. The summed E-state index contributed by atoms with van der Waals surface area (Å²) >= 11 is 6.11. The number of halogens is 2. The van der Waals surface area contributed by atoms with E-state index in [4.69, 9.17) is 16.3 Å². The molecule has 2 atom stereocenters. The van der Waals surface area contributed by atoms with E-state index in [-0.39, 0.29) is 30.4 Å². The van der Waals surface area contributed by atoms with E-state index in [0.29, 0.717) is 11.4 Å². The molecule has 29 heavy (non-hydrogen) atoms. The van der Waals surface area contributed by atoms with Gasteiger partial charge in [0.15, 0.2) is 12.0 Å². The smallest absolute Gasteiger partial charge is 0.197 e. The monoisotopic (exact) mass is 417 g/mol. The molecular formula is C20H21ClFN5O2. The third-order valence-electron chi connectivity index (χ3n) is 5.24. The number of ether oxygens (including phenoxy) is 1. The molecule has 2 aliphatic heterocycles. The molecule has 0 radical (unpaired) electrons. The van der Waals surface area contributed by atoms with Gasteiger partial charge in [0, 0.05) is 36.8 Å². The number of likely N-dealkylation sites (tertiary alicyclic amines) is 1. The van der Waals surface area contributed by atoms with Crippen LogP contribution in [0.1, 0.15) is 11.4 Å². The normalized spacial score (nSPS) is 22.0. The van der Waals surface area contributed by atoms with Crippen LogP contribution in [0.25, 0.3) is 11.3 Å². The number of pyridine rings is 1. The molecule has 7 nitrogen and oxygen atoms in total. The molecule has 2 aromatic rings. The summed E-state index contributed by atoms with van der Waals surface area (Å²) in [6, 6.07) is 3.50. The van der Waals surface area contributed by atoms with Gasteiger partial charge >= 0.3 is 0 Å². The predicted molar refractivity (Wildman–Crippen MR) is 108 cm³/mol. The zero-order chi connectivity index (χ0) is 20.7. The summed E-state index contributed by atoms with van der Waals surface area (Å²) < 4.78 is 22.4. The van der Waals surface area contributed by atoms with Gasteiger partial charge in [-0.1, -0.05) is 11.6 Å². The molecule has 0 spiro atoms. The quantitative estimate of drug-likeness (QED) is 0.764. The van der Waals surface area contributed by atoms with Crippen LogP contribution in [0.2, 0.25) is 0 Å². The van der Waals surface area contributed by atoms with Gasteiger partial charge < -0.3 is 9.64 Å². The number of carbonyl (C=O) groups is 1. The Labute approximate surface area is 172 Å². The van der Waals surface area contributed by atoms with E-state index in [9.17, 15) is 9.18 Å². The van der Waals surface area contributed by atoms with E-state index < -0.39 is 12.3 Å². The lowest BCUT2D eigenvalue weighted by molar-refractivity contribution is -0.113. The summed E-state index contributed by atoms with van der Waals surface area (Å²) in [4.78, 5) is 21.9. The van der Waals surface area contributed by atoms with Crippen molar-refractivity contribution in [3.63, 3.8) is 0 Å². The fourth-order valence-electron chi connectivity index (χ4n) is 3.69. The molecule has 4 rings (SSSR count). The number of ketones is 1. The van der Waals surface area contributed by atoms with E-state index in [2.05, 4.69) is 15.1 Å². The minimum Gasteiger partial charge on any atom is -0.485 e. The highest BCUT2D eigenvalue weighted by Crippen LogP contribution is 2.30. The van der Waals surface area contributed by atoms with Crippen LogP contribution in [-0.4, -0.2) is 63.6 Å². The molecule has 0 amide bonds. The molecule has 152 valence electrons. The van der Waals surface area contributed by atoms with Crippen molar-refractivity contribution in [3.05, 3.63) is 40.4 Å². The summed E-state index contributed by atoms with van der Waals surface area (Å²) in [6.45, 7) is 4.29. The predicted octanol–water partition coefficient (Wildman–Crippen LogP) is 2.60. The van der Waals surface area contributed by atoms with Crippen LogP contribution >= 0.6 is 11.6 Å². The topological polar surface area (TPSA) is 72.6 Å². The first-order valence-corrected chi connectivity index (χ1v) is 9.68. The maximum absolute atomic E-state index is 14.7. The van der Waals surface area contributed by atoms with Crippen molar-refractivity contribution < 1.29 is 13.9 Å². The number of hydrogen-bond acceptors (Lipinski definition) is 6. The van der Waals surface area contributed by atoms with Gasteiger partial charge in [0.25, 0.3) is 0 Å². The lowest BCUT2D eigenvalue weighted by Gasteiger charge is -2.22. The molecule has 2 aliphatic rings. The van der Waals surface area contributed by atoms with Gasteiger partial charge in [-0.15, -0.1) is 0 Å². The van der Waals surface area contributed by atoms with E-state index >= 15 is 0 Å². The Hall–Kier alpha value is -2.74. The van der Waals surface area contributed by atoms with Gasteiger partial charge in [0.2, 0.25) is 0 Å². The fourth-order valence-corrected chi connectivity index (χ4v) is 3.91. The number of dihydropyridines is 1. The summed E-state index contributed by atoms with van der Waals surface area (Å²) in [5.41, 5.74) is 3.98. The van der Waals surface area contributed by atoms with Crippen LogP contribution in [0.5, 0.6) is 5.75 Å². The van der Waals surface area contributed by atoms with Crippen molar-refractivity contribution in [1.82, 2.24) is 19.7 Å². The van der Waals surface area contributed by atoms with Gasteiger partial charge in [-0.05, 0) is 19.9 Å². The van der Waals surface area contributed by atoms with Crippen molar-refractivity contribution >= 4 is 23.6 Å². The molecule has 9 heteroatoms. The van der Waals surface area contributed by atoms with Crippen molar-refractivity contribution in [3.8, 4) is 17.0 Å². The summed E-state index contributed by atoms with van der Waals surface area (Å²) in [5.74, 6) is 0.269. The molecule has 0 aliphatic carbocycles. The second-order valence-electron chi connectivity index (χ2n) is 7.22. The molecule has 0 unspecified atom stereocenters. The van der Waals surface area contributed by atoms with Crippen molar-refractivity contribution in [2.24, 2.45) is 12.0 Å². The Balaban J connectivity index is 1.54. The maximum Gasteiger partial charge on any atom is 0.197 e. The fraction of sp³-hybridized carbons (Fsp3) is 0.400. The number of allylic oxidation sites excluding steroid dienone is 1. The number of alkyl halides is 1. The Bertz CT molecular complexity index is 1030. The summed E-state index contributed by atoms with van der Waals surface area (Å²) in [7, 11) is 1.88. The Morgan fingerprint density at radius 1 is 1.31 bits per heavy atom. The number of aryl methyl sites for hydroxylation is 2. The van der Waals surface area contributed by atoms with Gasteiger partial charge in [-0.2, -0.15) is 5.10 Å². The standard InChI is InChI=1S/C20H21ClFN5O2/c1-11-19(12(2)26(3)25-11)15-6-13(4-5-24-15)29-18-10-27(9-14(18)22)16-7-23-8-17(28)20(16)21/h4-7,14,18H,8-10H2,1-3H3/t14-,18-/m0/s1. The second kappa shape index (κ2) is 7.59.